The lowest BCUT2D eigenvalue weighted by Crippen LogP contribution is -2.35. The van der Waals surface area contributed by atoms with Gasteiger partial charge in [0.25, 0.3) is 0 Å². The zero-order valence-corrected chi connectivity index (χ0v) is 13.7. The van der Waals surface area contributed by atoms with Gasteiger partial charge < -0.3 is 4.98 Å². The molecule has 0 radical (unpaired) electrons. The van der Waals surface area contributed by atoms with E-state index < -0.39 is 0 Å². The van der Waals surface area contributed by atoms with E-state index in [1.807, 2.05) is 0 Å². The predicted octanol–water partition coefficient (Wildman–Crippen LogP) is 5.71. The van der Waals surface area contributed by atoms with E-state index in [0.717, 1.165) is 0 Å². The van der Waals surface area contributed by atoms with Gasteiger partial charge in [-0.25, -0.2) is 0 Å². The van der Waals surface area contributed by atoms with Crippen LogP contribution < -0.4 is 0 Å². The van der Waals surface area contributed by atoms with E-state index in [0.29, 0.717) is 0 Å². The minimum Gasteiger partial charge on any atom is -0.361 e. The number of aryl methyl sites for hydroxylation is 1. The van der Waals surface area contributed by atoms with Crippen molar-refractivity contribution in [1.82, 2.24) is 4.98 Å². The second kappa shape index (κ2) is 4.74. The molecule has 0 unspecified atom stereocenters. The van der Waals surface area contributed by atoms with Crippen LogP contribution in [0, 0.1) is 6.92 Å². The van der Waals surface area contributed by atoms with Crippen LogP contribution >= 0.6 is 15.9 Å². The normalized spacial score (nSPS) is 16.9. The Labute approximate surface area is 133 Å². The standard InChI is InChI=1S/C19H18BrN/c1-13-11-14(7-8-17(13)20)19(9-4-10-19)16-12-21-18-6-3-2-5-15(16)18/h2-3,5-8,11-12,21H,4,9-10H2,1H3. The van der Waals surface area contributed by atoms with Crippen LogP contribution in [0.3, 0.4) is 0 Å². The number of aromatic nitrogens is 1. The van der Waals surface area contributed by atoms with Crippen molar-refractivity contribution >= 4 is 26.8 Å². The fourth-order valence-electron chi connectivity index (χ4n) is 3.65. The Hall–Kier alpha value is -1.54. The number of aromatic amines is 1. The Morgan fingerprint density at radius 1 is 1.10 bits per heavy atom. The summed E-state index contributed by atoms with van der Waals surface area (Å²) in [4.78, 5) is 3.45. The first-order valence-electron chi connectivity index (χ1n) is 7.54. The molecule has 1 heterocycles. The number of fused-ring (bicyclic) bond motifs is 1. The lowest BCUT2D eigenvalue weighted by Gasteiger charge is -2.43. The molecule has 1 aliphatic rings. The number of para-hydroxylation sites is 1. The van der Waals surface area contributed by atoms with Gasteiger partial charge in [-0.3, -0.25) is 0 Å². The number of hydrogen-bond donors (Lipinski definition) is 1. The van der Waals surface area contributed by atoms with Crippen molar-refractivity contribution in [3.8, 4) is 0 Å². The molecule has 0 spiro atoms. The van der Waals surface area contributed by atoms with Gasteiger partial charge in [0.2, 0.25) is 0 Å². The first-order valence-corrected chi connectivity index (χ1v) is 8.33. The summed E-state index contributed by atoms with van der Waals surface area (Å²) in [6.45, 7) is 2.18. The Balaban J connectivity index is 1.92. The topological polar surface area (TPSA) is 15.8 Å². The molecule has 0 aliphatic heterocycles. The van der Waals surface area contributed by atoms with E-state index >= 15 is 0 Å². The van der Waals surface area contributed by atoms with Crippen molar-refractivity contribution in [1.29, 1.82) is 0 Å². The van der Waals surface area contributed by atoms with Crippen LogP contribution in [0.4, 0.5) is 0 Å². The van der Waals surface area contributed by atoms with Crippen molar-refractivity contribution in [3.63, 3.8) is 0 Å². The number of benzene rings is 2. The Bertz CT molecular complexity index is 811. The maximum absolute atomic E-state index is 3.62. The van der Waals surface area contributed by atoms with Crippen LogP contribution in [0.1, 0.15) is 36.0 Å². The van der Waals surface area contributed by atoms with Gasteiger partial charge in [0.05, 0.1) is 0 Å². The maximum Gasteiger partial charge on any atom is 0.0457 e. The fraction of sp³-hybridized carbons (Fsp3) is 0.263. The summed E-state index contributed by atoms with van der Waals surface area (Å²) in [6.07, 6.45) is 6.03. The highest BCUT2D eigenvalue weighted by Crippen LogP contribution is 2.51. The minimum absolute atomic E-state index is 0.199. The predicted molar refractivity (Wildman–Crippen MR) is 91.8 cm³/mol. The third-order valence-electron chi connectivity index (χ3n) is 5.02. The van der Waals surface area contributed by atoms with E-state index in [1.165, 1.54) is 51.3 Å². The molecule has 1 aromatic heterocycles. The monoisotopic (exact) mass is 339 g/mol. The molecule has 1 aliphatic carbocycles. The summed E-state index contributed by atoms with van der Waals surface area (Å²) in [5.41, 5.74) is 5.68. The second-order valence-electron chi connectivity index (χ2n) is 6.15. The van der Waals surface area contributed by atoms with Crippen molar-refractivity contribution < 1.29 is 0 Å². The molecule has 0 saturated heterocycles. The number of H-pyrrole nitrogens is 1. The van der Waals surface area contributed by atoms with Gasteiger partial charge in [-0.1, -0.05) is 52.7 Å². The Morgan fingerprint density at radius 3 is 2.62 bits per heavy atom. The molecule has 106 valence electrons. The maximum atomic E-state index is 3.62. The average molecular weight is 340 g/mol. The number of nitrogens with one attached hydrogen (secondary N) is 1. The zero-order valence-electron chi connectivity index (χ0n) is 12.1. The number of hydrogen-bond acceptors (Lipinski definition) is 0. The summed E-state index contributed by atoms with van der Waals surface area (Å²) in [5.74, 6) is 0. The lowest BCUT2D eigenvalue weighted by molar-refractivity contribution is 0.303. The fourth-order valence-corrected chi connectivity index (χ4v) is 3.90. The van der Waals surface area contributed by atoms with Gasteiger partial charge in [-0.15, -0.1) is 0 Å². The SMILES string of the molecule is Cc1cc(C2(c3c[nH]c4ccccc34)CCC2)ccc1Br. The van der Waals surface area contributed by atoms with Crippen molar-refractivity contribution in [2.45, 2.75) is 31.6 Å². The van der Waals surface area contributed by atoms with Crippen LogP contribution in [0.15, 0.2) is 53.1 Å². The smallest absolute Gasteiger partial charge is 0.0457 e. The van der Waals surface area contributed by atoms with Gasteiger partial charge >= 0.3 is 0 Å². The summed E-state index contributed by atoms with van der Waals surface area (Å²) in [6, 6.07) is 15.5. The summed E-state index contributed by atoms with van der Waals surface area (Å²) >= 11 is 3.62. The molecule has 3 aromatic rings. The van der Waals surface area contributed by atoms with Gasteiger partial charge in [0.15, 0.2) is 0 Å². The van der Waals surface area contributed by atoms with Gasteiger partial charge in [-0.05, 0) is 48.6 Å². The first-order chi connectivity index (χ1) is 10.2. The molecule has 1 N–H and O–H groups in total. The highest BCUT2D eigenvalue weighted by Gasteiger charge is 2.41. The van der Waals surface area contributed by atoms with Crippen LogP contribution in [0.25, 0.3) is 10.9 Å². The van der Waals surface area contributed by atoms with Crippen LogP contribution in [-0.4, -0.2) is 4.98 Å². The highest BCUT2D eigenvalue weighted by atomic mass is 79.9. The largest absolute Gasteiger partial charge is 0.361 e. The number of rotatable bonds is 2. The molecule has 4 rings (SSSR count). The molecular formula is C19H18BrN. The third kappa shape index (κ3) is 1.89. The average Bonchev–Trinajstić information content (AvgIpc) is 2.86. The summed E-state index contributed by atoms with van der Waals surface area (Å²) in [5, 5.41) is 1.37. The van der Waals surface area contributed by atoms with Gasteiger partial charge in [-0.2, -0.15) is 0 Å². The van der Waals surface area contributed by atoms with E-state index in [2.05, 4.69) is 76.5 Å². The minimum atomic E-state index is 0.199. The molecule has 1 saturated carbocycles. The zero-order chi connectivity index (χ0) is 14.4. The quantitative estimate of drug-likeness (QED) is 0.615. The second-order valence-corrected chi connectivity index (χ2v) is 7.00. The Kier molecular flexibility index (Phi) is 2.97. The van der Waals surface area contributed by atoms with Crippen molar-refractivity contribution in [2.24, 2.45) is 0 Å². The first kappa shape index (κ1) is 13.1. The van der Waals surface area contributed by atoms with E-state index in [9.17, 15) is 0 Å². The molecule has 0 bridgehead atoms. The van der Waals surface area contributed by atoms with Crippen LogP contribution in [-0.2, 0) is 5.41 Å². The molecule has 1 nitrogen and oxygen atoms in total. The molecule has 21 heavy (non-hydrogen) atoms. The molecule has 0 amide bonds. The molecule has 2 aromatic carbocycles. The molecule has 0 atom stereocenters. The third-order valence-corrected chi connectivity index (χ3v) is 5.91. The highest BCUT2D eigenvalue weighted by molar-refractivity contribution is 9.10. The van der Waals surface area contributed by atoms with Crippen LogP contribution in [0.5, 0.6) is 0 Å². The van der Waals surface area contributed by atoms with E-state index in [1.54, 1.807) is 0 Å². The van der Waals surface area contributed by atoms with Crippen molar-refractivity contribution in [3.05, 3.63) is 69.8 Å². The summed E-state index contributed by atoms with van der Waals surface area (Å²) < 4.78 is 1.19. The van der Waals surface area contributed by atoms with Gasteiger partial charge in [0.1, 0.15) is 0 Å². The Morgan fingerprint density at radius 2 is 1.90 bits per heavy atom. The molecule has 1 fully saturated rings. The van der Waals surface area contributed by atoms with E-state index in [4.69, 9.17) is 0 Å². The lowest BCUT2D eigenvalue weighted by atomic mass is 9.60. The summed E-state index contributed by atoms with van der Waals surface area (Å²) in [7, 11) is 0. The molecule has 2 heteroatoms. The number of halogens is 1. The van der Waals surface area contributed by atoms with Gasteiger partial charge in [0, 0.05) is 27.0 Å². The molecular weight excluding hydrogens is 322 g/mol. The van der Waals surface area contributed by atoms with Crippen molar-refractivity contribution in [2.75, 3.05) is 0 Å². The van der Waals surface area contributed by atoms with E-state index in [-0.39, 0.29) is 5.41 Å². The van der Waals surface area contributed by atoms with Crippen LogP contribution in [0.2, 0.25) is 0 Å².